The minimum Gasteiger partial charge on any atom is -0.497 e. The van der Waals surface area contributed by atoms with Crippen molar-refractivity contribution in [2.24, 2.45) is 4.99 Å². The second-order valence-corrected chi connectivity index (χ2v) is 12.1. The number of carbonyl (C=O) groups is 2. The maximum absolute atomic E-state index is 14.1. The van der Waals surface area contributed by atoms with Crippen LogP contribution < -0.4 is 20.3 Å². The quantitative estimate of drug-likeness (QED) is 0.297. The highest BCUT2D eigenvalue weighted by molar-refractivity contribution is 8.19. The summed E-state index contributed by atoms with van der Waals surface area (Å²) in [6, 6.07) is 21.4. The molecule has 0 aliphatic carbocycles. The Bertz CT molecular complexity index is 1560. The Labute approximate surface area is 255 Å². The molecule has 0 unspecified atom stereocenters. The fourth-order valence-corrected chi connectivity index (χ4v) is 6.93. The third-order valence-electron chi connectivity index (χ3n) is 6.60. The maximum Gasteiger partial charge on any atom is 0.269 e. The maximum atomic E-state index is 14.1. The number of carbonyl (C=O) groups excluding carboxylic acids is 2. The van der Waals surface area contributed by atoms with E-state index in [1.54, 1.807) is 23.8 Å². The van der Waals surface area contributed by atoms with E-state index in [9.17, 15) is 9.59 Å². The van der Waals surface area contributed by atoms with Crippen LogP contribution in [0.5, 0.6) is 5.75 Å². The van der Waals surface area contributed by atoms with Crippen LogP contribution in [0.25, 0.3) is 0 Å². The van der Waals surface area contributed by atoms with Crippen molar-refractivity contribution >= 4 is 63.3 Å². The molecule has 1 saturated heterocycles. The zero-order valence-corrected chi connectivity index (χ0v) is 25.9. The zero-order valence-electron chi connectivity index (χ0n) is 24.3. The zero-order chi connectivity index (χ0) is 29.8. The average Bonchev–Trinajstić information content (AvgIpc) is 3.45. The van der Waals surface area contributed by atoms with Crippen molar-refractivity contribution in [1.29, 1.82) is 0 Å². The van der Waals surface area contributed by atoms with Crippen LogP contribution >= 0.6 is 23.5 Å². The summed E-state index contributed by atoms with van der Waals surface area (Å²) in [4.78, 5) is 38.8. The number of methoxy groups -OCH3 is 1. The van der Waals surface area contributed by atoms with Crippen LogP contribution in [0.3, 0.4) is 0 Å². The van der Waals surface area contributed by atoms with Gasteiger partial charge in [-0.25, -0.2) is 4.99 Å². The molecule has 11 heteroatoms. The van der Waals surface area contributed by atoms with Crippen LogP contribution in [-0.4, -0.2) is 68.1 Å². The number of anilines is 3. The van der Waals surface area contributed by atoms with Gasteiger partial charge in [0, 0.05) is 30.2 Å². The van der Waals surface area contributed by atoms with Gasteiger partial charge in [-0.15, -0.1) is 0 Å². The Balaban J connectivity index is 1.55. The molecule has 218 valence electrons. The highest BCUT2D eigenvalue weighted by Gasteiger charge is 2.39. The van der Waals surface area contributed by atoms with E-state index in [1.165, 1.54) is 11.8 Å². The summed E-state index contributed by atoms with van der Waals surface area (Å²) >= 11 is 2.94. The first-order valence-electron chi connectivity index (χ1n) is 13.6. The van der Waals surface area contributed by atoms with Crippen molar-refractivity contribution in [2.45, 2.75) is 18.4 Å². The minimum absolute atomic E-state index is 0.0998. The van der Waals surface area contributed by atoms with Crippen molar-refractivity contribution in [3.63, 3.8) is 0 Å². The van der Waals surface area contributed by atoms with Gasteiger partial charge in [0.2, 0.25) is 5.91 Å². The molecule has 42 heavy (non-hydrogen) atoms. The summed E-state index contributed by atoms with van der Waals surface area (Å²) in [5.74, 6) is 0.548. The molecule has 9 nitrogen and oxygen atoms in total. The molecule has 2 aliphatic heterocycles. The summed E-state index contributed by atoms with van der Waals surface area (Å²) in [5.41, 5.74) is 4.09. The van der Waals surface area contributed by atoms with Crippen molar-refractivity contribution < 1.29 is 14.3 Å². The predicted octanol–water partition coefficient (Wildman–Crippen LogP) is 5.80. The standard InChI is InChI=1S/C31H34N6O3S2/c1-6-32-23-14-12-21(33-27(38)19-35(2)3)16-24(23)34-31-37(18-20-10-8-7-9-11-20)29(39)28(42-31)30-36(4)25-17-22(40-5)13-15-26(25)41-30/h7-17,32H,6,18-19H2,1-5H3,(H,33,38). The lowest BCUT2D eigenvalue weighted by Crippen LogP contribution is -2.29. The summed E-state index contributed by atoms with van der Waals surface area (Å²) in [6.45, 7) is 3.36. The topological polar surface area (TPSA) is 89.5 Å². The largest absolute Gasteiger partial charge is 0.497 e. The lowest BCUT2D eigenvalue weighted by Gasteiger charge is -2.18. The highest BCUT2D eigenvalue weighted by Crippen LogP contribution is 2.51. The number of likely N-dealkylation sites (N-methyl/N-ethyl adjacent to an activating group) is 1. The lowest BCUT2D eigenvalue weighted by atomic mass is 10.2. The third kappa shape index (κ3) is 6.43. The van der Waals surface area contributed by atoms with E-state index in [0.29, 0.717) is 34.5 Å². The Morgan fingerprint density at radius 2 is 1.83 bits per heavy atom. The summed E-state index contributed by atoms with van der Waals surface area (Å²) < 4.78 is 5.43. The normalized spacial score (nSPS) is 17.3. The smallest absolute Gasteiger partial charge is 0.269 e. The molecule has 0 spiro atoms. The molecule has 1 fully saturated rings. The minimum atomic E-state index is -0.115. The van der Waals surface area contributed by atoms with E-state index in [-0.39, 0.29) is 18.4 Å². The number of amides is 2. The monoisotopic (exact) mass is 602 g/mol. The molecular formula is C31H34N6O3S2. The van der Waals surface area contributed by atoms with E-state index in [2.05, 4.69) is 10.6 Å². The number of ether oxygens (including phenoxy) is 1. The van der Waals surface area contributed by atoms with Crippen LogP contribution in [0, 0.1) is 0 Å². The number of hydrogen-bond acceptors (Lipinski definition) is 9. The number of aliphatic imine (C=N–C) groups is 1. The summed E-state index contributed by atoms with van der Waals surface area (Å²) in [5, 5.41) is 7.74. The van der Waals surface area contributed by atoms with Gasteiger partial charge >= 0.3 is 0 Å². The third-order valence-corrected chi connectivity index (χ3v) is 9.04. The first kappa shape index (κ1) is 29.6. The van der Waals surface area contributed by atoms with E-state index in [0.717, 1.165) is 32.6 Å². The van der Waals surface area contributed by atoms with Gasteiger partial charge in [-0.1, -0.05) is 42.1 Å². The van der Waals surface area contributed by atoms with Crippen molar-refractivity contribution in [3.05, 3.63) is 82.2 Å². The van der Waals surface area contributed by atoms with Gasteiger partial charge in [0.1, 0.15) is 10.7 Å². The van der Waals surface area contributed by atoms with Gasteiger partial charge < -0.3 is 25.2 Å². The van der Waals surface area contributed by atoms with Gasteiger partial charge in [-0.05, 0) is 68.7 Å². The number of amidine groups is 1. The van der Waals surface area contributed by atoms with Gasteiger partial charge in [0.15, 0.2) is 5.17 Å². The van der Waals surface area contributed by atoms with Crippen LogP contribution in [0.1, 0.15) is 12.5 Å². The molecule has 3 aromatic carbocycles. The number of thioether (sulfide) groups is 2. The molecule has 0 bridgehead atoms. The number of nitrogens with zero attached hydrogens (tertiary/aromatic N) is 4. The highest BCUT2D eigenvalue weighted by atomic mass is 32.2. The average molecular weight is 603 g/mol. The lowest BCUT2D eigenvalue weighted by molar-refractivity contribution is -0.122. The molecule has 0 saturated carbocycles. The predicted molar refractivity (Wildman–Crippen MR) is 174 cm³/mol. The molecule has 2 amide bonds. The van der Waals surface area contributed by atoms with Crippen molar-refractivity contribution in [2.75, 3.05) is 56.9 Å². The van der Waals surface area contributed by atoms with Crippen LogP contribution in [0.2, 0.25) is 0 Å². The van der Waals surface area contributed by atoms with Crippen LogP contribution in [0.15, 0.2) is 86.6 Å². The fraction of sp³-hybridized carbons (Fsp3) is 0.258. The summed E-state index contributed by atoms with van der Waals surface area (Å²) in [7, 11) is 7.31. The van der Waals surface area contributed by atoms with Crippen LogP contribution in [0.4, 0.5) is 22.7 Å². The molecular weight excluding hydrogens is 569 g/mol. The van der Waals surface area contributed by atoms with Crippen molar-refractivity contribution in [3.8, 4) is 5.75 Å². The van der Waals surface area contributed by atoms with E-state index in [1.807, 2.05) is 105 Å². The Morgan fingerprint density at radius 3 is 2.55 bits per heavy atom. The molecule has 2 N–H and O–H groups in total. The Morgan fingerprint density at radius 1 is 1.05 bits per heavy atom. The summed E-state index contributed by atoms with van der Waals surface area (Å²) in [6.07, 6.45) is 0. The van der Waals surface area contributed by atoms with E-state index >= 15 is 0 Å². The number of nitrogens with one attached hydrogen (secondary N) is 2. The Kier molecular flexibility index (Phi) is 9.10. The second-order valence-electron chi connectivity index (χ2n) is 10.1. The molecule has 2 heterocycles. The molecule has 5 rings (SSSR count). The molecule has 0 radical (unpaired) electrons. The number of benzene rings is 3. The Hall–Kier alpha value is -3.93. The molecule has 3 aromatic rings. The number of rotatable bonds is 9. The van der Waals surface area contributed by atoms with Gasteiger partial charge in [0.05, 0.1) is 42.3 Å². The van der Waals surface area contributed by atoms with E-state index in [4.69, 9.17) is 9.73 Å². The van der Waals surface area contributed by atoms with Crippen LogP contribution in [-0.2, 0) is 16.1 Å². The van der Waals surface area contributed by atoms with E-state index < -0.39 is 0 Å². The number of fused-ring (bicyclic) bond motifs is 1. The molecule has 0 aromatic heterocycles. The van der Waals surface area contributed by atoms with Crippen molar-refractivity contribution in [1.82, 2.24) is 9.80 Å². The number of hydrogen-bond donors (Lipinski definition) is 2. The second kappa shape index (κ2) is 12.9. The van der Waals surface area contributed by atoms with Gasteiger partial charge in [-0.3, -0.25) is 14.5 Å². The SMILES string of the molecule is CCNc1ccc(NC(=O)CN(C)C)cc1N=C1SC(=C2Sc3ccc(OC)cc3N2C)C(=O)N1Cc1ccccc1. The van der Waals surface area contributed by atoms with Gasteiger partial charge in [0.25, 0.3) is 5.91 Å². The fourth-order valence-electron chi connectivity index (χ4n) is 4.61. The first-order valence-corrected chi connectivity index (χ1v) is 15.2. The van der Waals surface area contributed by atoms with Gasteiger partial charge in [-0.2, -0.15) is 0 Å². The first-order chi connectivity index (χ1) is 20.3. The molecule has 0 atom stereocenters. The molecule has 2 aliphatic rings.